The Kier molecular flexibility index (Phi) is 6.37. The molecule has 0 aromatic carbocycles. The SMILES string of the molecule is CC(CC(O)c1cccs1)NC1CCN(Cc2ccncc2)CC1. The molecule has 2 atom stereocenters. The molecular formula is C19H27N3OS. The zero-order chi connectivity index (χ0) is 16.8. The van der Waals surface area contributed by atoms with Gasteiger partial charge in [0.25, 0.3) is 0 Å². The van der Waals surface area contributed by atoms with Gasteiger partial charge in [-0.15, -0.1) is 11.3 Å². The Morgan fingerprint density at radius 3 is 2.71 bits per heavy atom. The van der Waals surface area contributed by atoms with Crippen LogP contribution in [0.1, 0.15) is 42.7 Å². The van der Waals surface area contributed by atoms with E-state index in [1.165, 1.54) is 18.4 Å². The molecule has 0 bridgehead atoms. The lowest BCUT2D eigenvalue weighted by Crippen LogP contribution is -2.45. The molecule has 24 heavy (non-hydrogen) atoms. The second-order valence-electron chi connectivity index (χ2n) is 6.74. The van der Waals surface area contributed by atoms with Crippen LogP contribution in [0.25, 0.3) is 0 Å². The minimum Gasteiger partial charge on any atom is -0.388 e. The first-order valence-corrected chi connectivity index (χ1v) is 9.67. The molecule has 1 saturated heterocycles. The van der Waals surface area contributed by atoms with E-state index < -0.39 is 0 Å². The van der Waals surface area contributed by atoms with E-state index in [9.17, 15) is 5.11 Å². The van der Waals surface area contributed by atoms with Crippen LogP contribution in [0.4, 0.5) is 0 Å². The number of nitrogens with zero attached hydrogens (tertiary/aromatic N) is 2. The summed E-state index contributed by atoms with van der Waals surface area (Å²) in [4.78, 5) is 7.66. The highest BCUT2D eigenvalue weighted by molar-refractivity contribution is 7.10. The van der Waals surface area contributed by atoms with Crippen LogP contribution in [0.15, 0.2) is 42.0 Å². The average molecular weight is 346 g/mol. The van der Waals surface area contributed by atoms with Gasteiger partial charge in [-0.3, -0.25) is 9.88 Å². The van der Waals surface area contributed by atoms with E-state index in [4.69, 9.17) is 0 Å². The lowest BCUT2D eigenvalue weighted by molar-refractivity contribution is 0.143. The van der Waals surface area contributed by atoms with Gasteiger partial charge in [0.2, 0.25) is 0 Å². The summed E-state index contributed by atoms with van der Waals surface area (Å²) < 4.78 is 0. The van der Waals surface area contributed by atoms with E-state index in [0.717, 1.165) is 30.9 Å². The van der Waals surface area contributed by atoms with Crippen molar-refractivity contribution in [2.24, 2.45) is 0 Å². The van der Waals surface area contributed by atoms with Crippen molar-refractivity contribution in [3.8, 4) is 0 Å². The number of aliphatic hydroxyl groups is 1. The Bertz CT molecular complexity index is 582. The van der Waals surface area contributed by atoms with E-state index in [0.29, 0.717) is 12.1 Å². The first-order chi connectivity index (χ1) is 11.7. The van der Waals surface area contributed by atoms with Crippen molar-refractivity contribution in [1.82, 2.24) is 15.2 Å². The Labute approximate surface area is 148 Å². The zero-order valence-electron chi connectivity index (χ0n) is 14.3. The van der Waals surface area contributed by atoms with Crippen LogP contribution in [0, 0.1) is 0 Å². The lowest BCUT2D eigenvalue weighted by atomic mass is 10.0. The molecule has 1 aliphatic heterocycles. The van der Waals surface area contributed by atoms with Gasteiger partial charge in [0.05, 0.1) is 6.10 Å². The third kappa shape index (κ3) is 5.11. The van der Waals surface area contributed by atoms with Crippen molar-refractivity contribution in [2.45, 2.75) is 50.9 Å². The fourth-order valence-corrected chi connectivity index (χ4v) is 4.13. The van der Waals surface area contributed by atoms with Gasteiger partial charge in [0, 0.05) is 35.9 Å². The standard InChI is InChI=1S/C19H27N3OS/c1-15(13-18(23)19-3-2-12-24-19)21-17-6-10-22(11-7-17)14-16-4-8-20-9-5-16/h2-5,8-9,12,15,17-18,21,23H,6-7,10-11,13-14H2,1H3. The number of hydrogen-bond acceptors (Lipinski definition) is 5. The molecule has 3 rings (SSSR count). The zero-order valence-corrected chi connectivity index (χ0v) is 15.1. The van der Waals surface area contributed by atoms with Crippen LogP contribution < -0.4 is 5.32 Å². The van der Waals surface area contributed by atoms with E-state index in [-0.39, 0.29) is 6.10 Å². The van der Waals surface area contributed by atoms with E-state index in [1.807, 2.05) is 29.9 Å². The molecule has 2 aromatic rings. The fourth-order valence-electron chi connectivity index (χ4n) is 3.41. The van der Waals surface area contributed by atoms with Crippen molar-refractivity contribution < 1.29 is 5.11 Å². The topological polar surface area (TPSA) is 48.4 Å². The molecule has 130 valence electrons. The van der Waals surface area contributed by atoms with Crippen LogP contribution in [-0.4, -0.2) is 40.2 Å². The Morgan fingerprint density at radius 1 is 1.29 bits per heavy atom. The molecule has 2 aromatic heterocycles. The summed E-state index contributed by atoms with van der Waals surface area (Å²) in [5.74, 6) is 0. The predicted octanol–water partition coefficient (Wildman–Crippen LogP) is 3.21. The Morgan fingerprint density at radius 2 is 2.04 bits per heavy atom. The maximum atomic E-state index is 10.3. The Hall–Kier alpha value is -1.27. The summed E-state index contributed by atoms with van der Waals surface area (Å²) in [6.07, 6.45) is 6.50. The molecule has 0 amide bonds. The van der Waals surface area contributed by atoms with Gasteiger partial charge in [-0.05, 0) is 68.4 Å². The number of pyridine rings is 1. The van der Waals surface area contributed by atoms with Crippen molar-refractivity contribution in [3.63, 3.8) is 0 Å². The molecule has 0 aliphatic carbocycles. The lowest BCUT2D eigenvalue weighted by Gasteiger charge is -2.34. The summed E-state index contributed by atoms with van der Waals surface area (Å²) >= 11 is 1.63. The molecule has 1 fully saturated rings. The molecule has 2 unspecified atom stereocenters. The van der Waals surface area contributed by atoms with Gasteiger partial charge in [-0.25, -0.2) is 0 Å². The average Bonchev–Trinajstić information content (AvgIpc) is 3.12. The molecule has 0 spiro atoms. The molecule has 1 aliphatic rings. The normalized spacial score (nSPS) is 19.2. The predicted molar refractivity (Wildman–Crippen MR) is 99.0 cm³/mol. The molecule has 3 heterocycles. The molecule has 4 nitrogen and oxygen atoms in total. The number of likely N-dealkylation sites (tertiary alicyclic amines) is 1. The number of nitrogens with one attached hydrogen (secondary N) is 1. The van der Waals surface area contributed by atoms with Crippen LogP contribution in [0.5, 0.6) is 0 Å². The smallest absolute Gasteiger partial charge is 0.0896 e. The molecule has 0 saturated carbocycles. The van der Waals surface area contributed by atoms with E-state index in [2.05, 4.69) is 34.3 Å². The van der Waals surface area contributed by atoms with Gasteiger partial charge in [-0.1, -0.05) is 6.07 Å². The summed E-state index contributed by atoms with van der Waals surface area (Å²) in [6.45, 7) is 5.45. The van der Waals surface area contributed by atoms with Gasteiger partial charge >= 0.3 is 0 Å². The molecular weight excluding hydrogens is 318 g/mol. The van der Waals surface area contributed by atoms with Gasteiger partial charge in [0.1, 0.15) is 0 Å². The monoisotopic (exact) mass is 345 g/mol. The van der Waals surface area contributed by atoms with Gasteiger partial charge in [-0.2, -0.15) is 0 Å². The summed E-state index contributed by atoms with van der Waals surface area (Å²) in [7, 11) is 0. The molecule has 5 heteroatoms. The Balaban J connectivity index is 1.39. The summed E-state index contributed by atoms with van der Waals surface area (Å²) in [6, 6.07) is 9.10. The van der Waals surface area contributed by atoms with Crippen LogP contribution in [-0.2, 0) is 6.54 Å². The van der Waals surface area contributed by atoms with Crippen LogP contribution in [0.2, 0.25) is 0 Å². The van der Waals surface area contributed by atoms with Crippen molar-refractivity contribution in [1.29, 1.82) is 0 Å². The number of aromatic nitrogens is 1. The number of hydrogen-bond donors (Lipinski definition) is 2. The van der Waals surface area contributed by atoms with Crippen molar-refractivity contribution >= 4 is 11.3 Å². The quantitative estimate of drug-likeness (QED) is 0.809. The molecule has 0 radical (unpaired) electrons. The largest absolute Gasteiger partial charge is 0.388 e. The number of thiophene rings is 1. The van der Waals surface area contributed by atoms with E-state index >= 15 is 0 Å². The number of piperidine rings is 1. The second kappa shape index (κ2) is 8.72. The first-order valence-electron chi connectivity index (χ1n) is 8.79. The number of aliphatic hydroxyl groups excluding tert-OH is 1. The van der Waals surface area contributed by atoms with Crippen LogP contribution >= 0.6 is 11.3 Å². The number of rotatable bonds is 7. The van der Waals surface area contributed by atoms with Crippen molar-refractivity contribution in [3.05, 3.63) is 52.5 Å². The summed E-state index contributed by atoms with van der Waals surface area (Å²) in [5.41, 5.74) is 1.34. The highest BCUT2D eigenvalue weighted by Gasteiger charge is 2.22. The third-order valence-corrected chi connectivity index (χ3v) is 5.69. The van der Waals surface area contributed by atoms with Gasteiger partial charge < -0.3 is 10.4 Å². The van der Waals surface area contributed by atoms with Crippen LogP contribution in [0.3, 0.4) is 0 Å². The fraction of sp³-hybridized carbons (Fsp3) is 0.526. The van der Waals surface area contributed by atoms with E-state index in [1.54, 1.807) is 11.3 Å². The third-order valence-electron chi connectivity index (χ3n) is 4.71. The first kappa shape index (κ1) is 17.5. The minimum absolute atomic E-state index is 0.332. The second-order valence-corrected chi connectivity index (χ2v) is 7.72. The maximum Gasteiger partial charge on any atom is 0.0896 e. The highest BCUT2D eigenvalue weighted by atomic mass is 32.1. The highest BCUT2D eigenvalue weighted by Crippen LogP contribution is 2.23. The minimum atomic E-state index is -0.348. The maximum absolute atomic E-state index is 10.3. The van der Waals surface area contributed by atoms with Crippen molar-refractivity contribution in [2.75, 3.05) is 13.1 Å². The summed E-state index contributed by atoms with van der Waals surface area (Å²) in [5, 5.41) is 16.0. The van der Waals surface area contributed by atoms with Gasteiger partial charge in [0.15, 0.2) is 0 Å². The molecule has 2 N–H and O–H groups in total.